The van der Waals surface area contributed by atoms with E-state index < -0.39 is 0 Å². The first-order chi connectivity index (χ1) is 7.22. The minimum Gasteiger partial charge on any atom is -0.352 e. The van der Waals surface area contributed by atoms with Gasteiger partial charge in [-0.25, -0.2) is 0 Å². The lowest BCUT2D eigenvalue weighted by molar-refractivity contribution is -0.121. The summed E-state index contributed by atoms with van der Waals surface area (Å²) in [7, 11) is 1.84. The van der Waals surface area contributed by atoms with Crippen molar-refractivity contribution in [3.8, 4) is 0 Å². The van der Waals surface area contributed by atoms with Crippen LogP contribution in [0.25, 0.3) is 0 Å². The molecule has 3 heteroatoms. The maximum Gasteiger partial charge on any atom is 0.221 e. The summed E-state index contributed by atoms with van der Waals surface area (Å²) in [5, 5.41) is 5.83. The minimum absolute atomic E-state index is 0.0888. The summed E-state index contributed by atoms with van der Waals surface area (Å²) in [5.41, 5.74) is 2.37. The Morgan fingerprint density at radius 3 is 2.87 bits per heavy atom. The predicted molar refractivity (Wildman–Crippen MR) is 61.6 cm³/mol. The number of rotatable bonds is 5. The van der Waals surface area contributed by atoms with Crippen molar-refractivity contribution in [1.82, 2.24) is 10.6 Å². The van der Waals surface area contributed by atoms with Crippen LogP contribution in [0.2, 0.25) is 0 Å². The number of nitrogens with one attached hydrogen (secondary N) is 2. The average Bonchev–Trinajstić information content (AvgIpc) is 2.23. The van der Waals surface area contributed by atoms with Crippen molar-refractivity contribution >= 4 is 5.91 Å². The molecule has 1 aromatic rings. The topological polar surface area (TPSA) is 41.1 Å². The van der Waals surface area contributed by atoms with Gasteiger partial charge in [0.2, 0.25) is 5.91 Å². The van der Waals surface area contributed by atoms with E-state index >= 15 is 0 Å². The molecule has 1 rings (SSSR count). The Labute approximate surface area is 90.9 Å². The SMILES string of the molecule is CNCCC(=O)NCc1cccc(C)c1. The number of hydrogen-bond acceptors (Lipinski definition) is 2. The largest absolute Gasteiger partial charge is 0.352 e. The number of amides is 1. The van der Waals surface area contributed by atoms with E-state index in [2.05, 4.69) is 16.7 Å². The summed E-state index contributed by atoms with van der Waals surface area (Å²) in [4.78, 5) is 11.3. The van der Waals surface area contributed by atoms with Gasteiger partial charge in [0.25, 0.3) is 0 Å². The molecule has 3 nitrogen and oxygen atoms in total. The van der Waals surface area contributed by atoms with E-state index in [1.807, 2.05) is 32.2 Å². The smallest absolute Gasteiger partial charge is 0.221 e. The van der Waals surface area contributed by atoms with Crippen LogP contribution in [0.5, 0.6) is 0 Å². The molecule has 0 fully saturated rings. The average molecular weight is 206 g/mol. The van der Waals surface area contributed by atoms with Gasteiger partial charge >= 0.3 is 0 Å². The lowest BCUT2D eigenvalue weighted by atomic mass is 10.1. The molecule has 0 heterocycles. The molecule has 0 aliphatic heterocycles. The Hall–Kier alpha value is -1.35. The molecule has 0 saturated heterocycles. The zero-order valence-electron chi connectivity index (χ0n) is 9.34. The van der Waals surface area contributed by atoms with E-state index in [1.165, 1.54) is 5.56 Å². The molecular formula is C12H18N2O. The molecule has 2 N–H and O–H groups in total. The van der Waals surface area contributed by atoms with Gasteiger partial charge in [-0.2, -0.15) is 0 Å². The van der Waals surface area contributed by atoms with Crippen molar-refractivity contribution in [1.29, 1.82) is 0 Å². The Morgan fingerprint density at radius 1 is 1.40 bits per heavy atom. The number of carbonyl (C=O) groups excluding carboxylic acids is 1. The first-order valence-electron chi connectivity index (χ1n) is 5.19. The Bertz CT molecular complexity index is 323. The van der Waals surface area contributed by atoms with Crippen LogP contribution in [-0.2, 0) is 11.3 Å². The predicted octanol–water partition coefficient (Wildman–Crippen LogP) is 1.22. The van der Waals surface area contributed by atoms with Gasteiger partial charge in [0.05, 0.1) is 0 Å². The van der Waals surface area contributed by atoms with E-state index in [0.29, 0.717) is 13.0 Å². The Balaban J connectivity index is 2.33. The lowest BCUT2D eigenvalue weighted by Gasteiger charge is -2.05. The summed E-state index contributed by atoms with van der Waals surface area (Å²) in [5.74, 6) is 0.0888. The number of carbonyl (C=O) groups is 1. The van der Waals surface area contributed by atoms with Crippen LogP contribution in [0.3, 0.4) is 0 Å². The van der Waals surface area contributed by atoms with E-state index in [9.17, 15) is 4.79 Å². The fourth-order valence-corrected chi connectivity index (χ4v) is 1.35. The number of benzene rings is 1. The first-order valence-corrected chi connectivity index (χ1v) is 5.19. The molecule has 1 amide bonds. The highest BCUT2D eigenvalue weighted by Gasteiger charge is 1.99. The van der Waals surface area contributed by atoms with Crippen molar-refractivity contribution < 1.29 is 4.79 Å². The fraction of sp³-hybridized carbons (Fsp3) is 0.417. The van der Waals surface area contributed by atoms with Crippen molar-refractivity contribution in [2.75, 3.05) is 13.6 Å². The second-order valence-corrected chi connectivity index (χ2v) is 3.62. The van der Waals surface area contributed by atoms with E-state index in [1.54, 1.807) is 0 Å². The van der Waals surface area contributed by atoms with Crippen LogP contribution in [0, 0.1) is 6.92 Å². The maximum absolute atomic E-state index is 11.3. The van der Waals surface area contributed by atoms with Gasteiger partial charge in [0.15, 0.2) is 0 Å². The van der Waals surface area contributed by atoms with Gasteiger partial charge in [-0.05, 0) is 19.5 Å². The number of hydrogen-bond donors (Lipinski definition) is 2. The molecule has 0 atom stereocenters. The molecule has 0 unspecified atom stereocenters. The van der Waals surface area contributed by atoms with Crippen LogP contribution >= 0.6 is 0 Å². The van der Waals surface area contributed by atoms with Crippen LogP contribution in [-0.4, -0.2) is 19.5 Å². The minimum atomic E-state index is 0.0888. The summed E-state index contributed by atoms with van der Waals surface area (Å²) in [6.45, 7) is 3.39. The zero-order chi connectivity index (χ0) is 11.1. The zero-order valence-corrected chi connectivity index (χ0v) is 9.34. The second kappa shape index (κ2) is 6.19. The summed E-state index contributed by atoms with van der Waals surface area (Å²) in [6.07, 6.45) is 0.530. The van der Waals surface area contributed by atoms with Crippen LogP contribution in [0.4, 0.5) is 0 Å². The van der Waals surface area contributed by atoms with Crippen molar-refractivity contribution in [2.24, 2.45) is 0 Å². The molecule has 0 aliphatic rings. The summed E-state index contributed by atoms with van der Waals surface area (Å²) in [6, 6.07) is 8.15. The molecule has 0 spiro atoms. The molecule has 15 heavy (non-hydrogen) atoms. The van der Waals surface area contributed by atoms with Gasteiger partial charge in [-0.15, -0.1) is 0 Å². The van der Waals surface area contributed by atoms with Gasteiger partial charge in [-0.1, -0.05) is 29.8 Å². The molecule has 0 radical (unpaired) electrons. The van der Waals surface area contributed by atoms with Gasteiger partial charge in [-0.3, -0.25) is 4.79 Å². The monoisotopic (exact) mass is 206 g/mol. The van der Waals surface area contributed by atoms with Crippen molar-refractivity contribution in [3.63, 3.8) is 0 Å². The molecule has 0 saturated carbocycles. The van der Waals surface area contributed by atoms with Crippen molar-refractivity contribution in [2.45, 2.75) is 19.9 Å². The van der Waals surface area contributed by atoms with Gasteiger partial charge < -0.3 is 10.6 Å². The summed E-state index contributed by atoms with van der Waals surface area (Å²) < 4.78 is 0. The van der Waals surface area contributed by atoms with Crippen LogP contribution < -0.4 is 10.6 Å². The van der Waals surface area contributed by atoms with E-state index in [0.717, 1.165) is 12.1 Å². The number of aryl methyl sites for hydroxylation is 1. The Morgan fingerprint density at radius 2 is 2.20 bits per heavy atom. The third-order valence-electron chi connectivity index (χ3n) is 2.17. The quantitative estimate of drug-likeness (QED) is 0.760. The lowest BCUT2D eigenvalue weighted by Crippen LogP contribution is -2.26. The molecule has 0 bridgehead atoms. The molecule has 1 aromatic carbocycles. The normalized spacial score (nSPS) is 10.0. The third-order valence-corrected chi connectivity index (χ3v) is 2.17. The highest BCUT2D eigenvalue weighted by atomic mass is 16.1. The van der Waals surface area contributed by atoms with Crippen LogP contribution in [0.1, 0.15) is 17.5 Å². The van der Waals surface area contributed by atoms with Gasteiger partial charge in [0.1, 0.15) is 0 Å². The molecule has 0 aromatic heterocycles. The maximum atomic E-state index is 11.3. The Kier molecular flexibility index (Phi) is 4.84. The summed E-state index contributed by atoms with van der Waals surface area (Å²) >= 11 is 0. The van der Waals surface area contributed by atoms with E-state index in [4.69, 9.17) is 0 Å². The molecule has 82 valence electrons. The van der Waals surface area contributed by atoms with Gasteiger partial charge in [0, 0.05) is 19.5 Å². The third kappa shape index (κ3) is 4.61. The van der Waals surface area contributed by atoms with E-state index in [-0.39, 0.29) is 5.91 Å². The first kappa shape index (κ1) is 11.7. The van der Waals surface area contributed by atoms with Crippen molar-refractivity contribution in [3.05, 3.63) is 35.4 Å². The standard InChI is InChI=1S/C12H18N2O/c1-10-4-3-5-11(8-10)9-14-12(15)6-7-13-2/h3-5,8,13H,6-7,9H2,1-2H3,(H,14,15). The van der Waals surface area contributed by atoms with Crippen LogP contribution in [0.15, 0.2) is 24.3 Å². The highest BCUT2D eigenvalue weighted by molar-refractivity contribution is 5.76. The second-order valence-electron chi connectivity index (χ2n) is 3.62. The molecule has 0 aliphatic carbocycles. The highest BCUT2D eigenvalue weighted by Crippen LogP contribution is 2.03. The fourth-order valence-electron chi connectivity index (χ4n) is 1.35. The molecular weight excluding hydrogens is 188 g/mol.